The number of nitrogens with one attached hydrogen (secondary N) is 1. The summed E-state index contributed by atoms with van der Waals surface area (Å²) in [5.74, 6) is 6.40. The van der Waals surface area contributed by atoms with Gasteiger partial charge in [-0.15, -0.1) is 0 Å². The van der Waals surface area contributed by atoms with Crippen LogP contribution in [0.25, 0.3) is 0 Å². The number of rotatable bonds is 3. The molecule has 2 aromatic rings. The molecule has 2 rings (SSSR count). The van der Waals surface area contributed by atoms with Crippen molar-refractivity contribution in [3.8, 4) is 0 Å². The smallest absolute Gasteiger partial charge is 0.101 e. The maximum Gasteiger partial charge on any atom is 0.101 e. The average molecular weight is 206 g/mol. The Kier molecular flexibility index (Phi) is 2.57. The van der Waals surface area contributed by atoms with Crippen LogP contribution in [0.5, 0.6) is 0 Å². The summed E-state index contributed by atoms with van der Waals surface area (Å²) in [4.78, 5) is 0. The number of nitrogens with zero attached hydrogens (tertiary/aromatic N) is 2. The van der Waals surface area contributed by atoms with E-state index < -0.39 is 0 Å². The first-order valence-electron chi connectivity index (χ1n) is 4.70. The molecular weight excluding hydrogens is 192 g/mol. The van der Waals surface area contributed by atoms with Crippen molar-refractivity contribution in [1.29, 1.82) is 0 Å². The van der Waals surface area contributed by atoms with Crippen LogP contribution in [0.1, 0.15) is 22.9 Å². The Morgan fingerprint density at radius 2 is 2.33 bits per heavy atom. The zero-order valence-electron chi connectivity index (χ0n) is 8.77. The van der Waals surface area contributed by atoms with Crippen molar-refractivity contribution in [2.45, 2.75) is 13.0 Å². The third-order valence-electron chi connectivity index (χ3n) is 2.31. The van der Waals surface area contributed by atoms with Crippen LogP contribution in [0.4, 0.5) is 0 Å². The Morgan fingerprint density at radius 3 is 2.80 bits per heavy atom. The van der Waals surface area contributed by atoms with Gasteiger partial charge in [-0.05, 0) is 13.0 Å². The Bertz CT molecular complexity index is 405. The van der Waals surface area contributed by atoms with Gasteiger partial charge in [-0.3, -0.25) is 10.5 Å². The number of hydrogen-bond donors (Lipinski definition) is 2. The van der Waals surface area contributed by atoms with Crippen molar-refractivity contribution in [3.63, 3.8) is 0 Å². The Morgan fingerprint density at radius 1 is 1.53 bits per heavy atom. The van der Waals surface area contributed by atoms with E-state index in [1.54, 1.807) is 17.1 Å². The van der Waals surface area contributed by atoms with E-state index in [0.29, 0.717) is 0 Å². The molecule has 0 bridgehead atoms. The molecule has 0 aliphatic rings. The molecule has 0 aromatic carbocycles. The maximum absolute atomic E-state index is 5.53. The van der Waals surface area contributed by atoms with Gasteiger partial charge >= 0.3 is 0 Å². The first-order chi connectivity index (χ1) is 7.20. The van der Waals surface area contributed by atoms with E-state index in [1.807, 2.05) is 26.2 Å². The summed E-state index contributed by atoms with van der Waals surface area (Å²) in [6.45, 7) is 1.90. The fourth-order valence-corrected chi connectivity index (χ4v) is 1.59. The highest BCUT2D eigenvalue weighted by Crippen LogP contribution is 2.22. The highest BCUT2D eigenvalue weighted by molar-refractivity contribution is 5.27. The third-order valence-corrected chi connectivity index (χ3v) is 2.31. The summed E-state index contributed by atoms with van der Waals surface area (Å²) >= 11 is 0. The predicted molar refractivity (Wildman–Crippen MR) is 55.8 cm³/mol. The first-order valence-corrected chi connectivity index (χ1v) is 4.70. The van der Waals surface area contributed by atoms with Gasteiger partial charge in [-0.25, -0.2) is 5.43 Å². The lowest BCUT2D eigenvalue weighted by molar-refractivity contribution is 0.525. The number of hydrazine groups is 1. The molecule has 5 heteroatoms. The molecule has 5 nitrogen and oxygen atoms in total. The largest absolute Gasteiger partial charge is 0.469 e. The lowest BCUT2D eigenvalue weighted by Gasteiger charge is -2.11. The lowest BCUT2D eigenvalue weighted by Crippen LogP contribution is -2.28. The van der Waals surface area contributed by atoms with Crippen molar-refractivity contribution in [2.24, 2.45) is 12.9 Å². The molecule has 80 valence electrons. The van der Waals surface area contributed by atoms with Gasteiger partial charge in [0.1, 0.15) is 5.76 Å². The molecule has 0 fully saturated rings. The van der Waals surface area contributed by atoms with Crippen LogP contribution in [0, 0.1) is 6.92 Å². The molecule has 1 unspecified atom stereocenters. The summed E-state index contributed by atoms with van der Waals surface area (Å²) in [6.07, 6.45) is 5.41. The predicted octanol–water partition coefficient (Wildman–Crippen LogP) is 0.874. The first kappa shape index (κ1) is 9.95. The van der Waals surface area contributed by atoms with Crippen molar-refractivity contribution in [2.75, 3.05) is 0 Å². The molecular formula is C10H14N4O. The van der Waals surface area contributed by atoms with E-state index in [1.165, 1.54) is 0 Å². The second-order valence-corrected chi connectivity index (χ2v) is 3.54. The fraction of sp³-hybridized carbons (Fsp3) is 0.300. The quantitative estimate of drug-likeness (QED) is 0.577. The molecule has 0 saturated heterocycles. The lowest BCUT2D eigenvalue weighted by atomic mass is 10.1. The molecule has 0 radical (unpaired) electrons. The van der Waals surface area contributed by atoms with E-state index in [4.69, 9.17) is 10.3 Å². The molecule has 3 N–H and O–H groups in total. The highest BCUT2D eigenvalue weighted by Gasteiger charge is 2.15. The van der Waals surface area contributed by atoms with Gasteiger partial charge in [0.15, 0.2) is 0 Å². The van der Waals surface area contributed by atoms with Crippen LogP contribution in [0.2, 0.25) is 0 Å². The van der Waals surface area contributed by atoms with Crippen molar-refractivity contribution in [3.05, 3.63) is 41.6 Å². The van der Waals surface area contributed by atoms with Crippen LogP contribution in [0.3, 0.4) is 0 Å². The zero-order valence-corrected chi connectivity index (χ0v) is 8.77. The minimum Gasteiger partial charge on any atom is -0.469 e. The van der Waals surface area contributed by atoms with E-state index in [-0.39, 0.29) is 6.04 Å². The summed E-state index contributed by atoms with van der Waals surface area (Å²) in [5.41, 5.74) is 4.77. The van der Waals surface area contributed by atoms with E-state index in [2.05, 4.69) is 10.5 Å². The SMILES string of the molecule is Cc1cc(C(NN)c2cnn(C)c2)co1. The molecule has 0 spiro atoms. The van der Waals surface area contributed by atoms with Gasteiger partial charge in [0, 0.05) is 24.4 Å². The minimum absolute atomic E-state index is 0.0730. The minimum atomic E-state index is -0.0730. The summed E-state index contributed by atoms with van der Waals surface area (Å²) < 4.78 is 7.00. The van der Waals surface area contributed by atoms with E-state index >= 15 is 0 Å². The average Bonchev–Trinajstić information content (AvgIpc) is 2.78. The molecule has 1 atom stereocenters. The van der Waals surface area contributed by atoms with Gasteiger partial charge < -0.3 is 4.42 Å². The summed E-state index contributed by atoms with van der Waals surface area (Å²) in [6, 6.07) is 1.88. The van der Waals surface area contributed by atoms with Crippen molar-refractivity contribution in [1.82, 2.24) is 15.2 Å². The second kappa shape index (κ2) is 3.88. The Labute approximate surface area is 87.8 Å². The van der Waals surface area contributed by atoms with Gasteiger partial charge in [0.2, 0.25) is 0 Å². The number of furan rings is 1. The van der Waals surface area contributed by atoms with Gasteiger partial charge in [-0.2, -0.15) is 5.10 Å². The van der Waals surface area contributed by atoms with E-state index in [0.717, 1.165) is 16.9 Å². The number of aryl methyl sites for hydroxylation is 2. The van der Waals surface area contributed by atoms with Gasteiger partial charge in [0.05, 0.1) is 18.5 Å². The van der Waals surface area contributed by atoms with Crippen LogP contribution >= 0.6 is 0 Å². The van der Waals surface area contributed by atoms with Crippen LogP contribution in [-0.4, -0.2) is 9.78 Å². The highest BCUT2D eigenvalue weighted by atomic mass is 16.3. The molecule has 2 aromatic heterocycles. The number of aromatic nitrogens is 2. The normalized spacial score (nSPS) is 13.0. The maximum atomic E-state index is 5.53. The fourth-order valence-electron chi connectivity index (χ4n) is 1.59. The second-order valence-electron chi connectivity index (χ2n) is 3.54. The van der Waals surface area contributed by atoms with Gasteiger partial charge in [-0.1, -0.05) is 0 Å². The number of hydrogen-bond acceptors (Lipinski definition) is 4. The van der Waals surface area contributed by atoms with Crippen LogP contribution in [-0.2, 0) is 7.05 Å². The van der Waals surface area contributed by atoms with Gasteiger partial charge in [0.25, 0.3) is 0 Å². The Hall–Kier alpha value is -1.59. The summed E-state index contributed by atoms with van der Waals surface area (Å²) in [5, 5.41) is 4.11. The Balaban J connectivity index is 2.32. The summed E-state index contributed by atoms with van der Waals surface area (Å²) in [7, 11) is 1.87. The molecule has 0 saturated carbocycles. The van der Waals surface area contributed by atoms with E-state index in [9.17, 15) is 0 Å². The molecule has 2 heterocycles. The molecule has 0 amide bonds. The third kappa shape index (κ3) is 1.93. The van der Waals surface area contributed by atoms with Crippen LogP contribution < -0.4 is 11.3 Å². The molecule has 0 aliphatic carbocycles. The van der Waals surface area contributed by atoms with Crippen molar-refractivity contribution < 1.29 is 4.42 Å². The van der Waals surface area contributed by atoms with Crippen molar-refractivity contribution >= 4 is 0 Å². The molecule has 15 heavy (non-hydrogen) atoms. The topological polar surface area (TPSA) is 69.0 Å². The van der Waals surface area contributed by atoms with Crippen LogP contribution in [0.15, 0.2) is 29.1 Å². The zero-order chi connectivity index (χ0) is 10.8. The number of nitrogens with two attached hydrogens (primary N) is 1. The molecule has 0 aliphatic heterocycles. The monoisotopic (exact) mass is 206 g/mol. The standard InChI is InChI=1S/C10H14N4O/c1-7-3-8(6-15-7)10(13-11)9-4-12-14(2)5-9/h3-6,10,13H,11H2,1-2H3.